The highest BCUT2D eigenvalue weighted by atomic mass is 35.5. The van der Waals surface area contributed by atoms with Crippen LogP contribution in [0.15, 0.2) is 24.4 Å². The molecule has 0 aromatic carbocycles. The van der Waals surface area contributed by atoms with E-state index in [4.69, 9.17) is 31.3 Å². The number of rotatable bonds is 6. The number of urea groups is 1. The van der Waals surface area contributed by atoms with E-state index in [2.05, 4.69) is 10.3 Å². The fourth-order valence-electron chi connectivity index (χ4n) is 4.69. The van der Waals surface area contributed by atoms with Gasteiger partial charge in [0, 0.05) is 46.1 Å². The van der Waals surface area contributed by atoms with Gasteiger partial charge in [-0.25, -0.2) is 19.6 Å². The number of methoxy groups -OCH3 is 2. The predicted molar refractivity (Wildman–Crippen MR) is 142 cm³/mol. The van der Waals surface area contributed by atoms with E-state index in [0.717, 1.165) is 5.56 Å². The van der Waals surface area contributed by atoms with Crippen LogP contribution in [0.4, 0.5) is 21.2 Å². The Hall–Kier alpha value is -3.46. The van der Waals surface area contributed by atoms with Gasteiger partial charge in [-0.05, 0) is 35.8 Å². The molecule has 2 aromatic rings. The van der Waals surface area contributed by atoms with Crippen molar-refractivity contribution >= 4 is 35.4 Å². The SMILES string of the molecule is COC(OC)c1nc(N(C)C(=O)Nc2cc(Cl)c(C#N)cn2)ccc1C1CCN(C(=O)O)C(C(C)(C)C)C1. The Labute approximate surface area is 227 Å². The van der Waals surface area contributed by atoms with E-state index in [9.17, 15) is 14.7 Å². The van der Waals surface area contributed by atoms with E-state index in [-0.39, 0.29) is 33.8 Å². The molecule has 3 rings (SSSR count). The Balaban J connectivity index is 1.91. The second-order valence-electron chi connectivity index (χ2n) is 10.2. The minimum atomic E-state index is -0.922. The maximum absolute atomic E-state index is 12.9. The van der Waals surface area contributed by atoms with Crippen molar-refractivity contribution in [2.24, 2.45) is 5.41 Å². The summed E-state index contributed by atoms with van der Waals surface area (Å²) in [6, 6.07) is 6.24. The van der Waals surface area contributed by atoms with Gasteiger partial charge in [-0.3, -0.25) is 10.2 Å². The highest BCUT2D eigenvalue weighted by molar-refractivity contribution is 6.32. The number of nitrogens with zero attached hydrogens (tertiary/aromatic N) is 5. The first-order valence-corrected chi connectivity index (χ1v) is 12.4. The lowest BCUT2D eigenvalue weighted by atomic mass is 9.75. The molecule has 3 heterocycles. The van der Waals surface area contributed by atoms with Crippen molar-refractivity contribution in [3.05, 3.63) is 46.2 Å². The molecule has 2 N–H and O–H groups in total. The van der Waals surface area contributed by atoms with Crippen molar-refractivity contribution in [3.63, 3.8) is 0 Å². The molecule has 0 saturated carbocycles. The van der Waals surface area contributed by atoms with Gasteiger partial charge in [0.05, 0.1) is 10.6 Å². The number of pyridine rings is 2. The van der Waals surface area contributed by atoms with E-state index in [1.165, 1.54) is 36.3 Å². The third kappa shape index (κ3) is 6.32. The van der Waals surface area contributed by atoms with Gasteiger partial charge < -0.3 is 19.5 Å². The molecular weight excluding hydrogens is 512 g/mol. The molecule has 0 spiro atoms. The molecule has 0 radical (unpaired) electrons. The zero-order valence-electron chi connectivity index (χ0n) is 22.4. The van der Waals surface area contributed by atoms with Gasteiger partial charge in [0.2, 0.25) is 6.29 Å². The van der Waals surface area contributed by atoms with Gasteiger partial charge >= 0.3 is 12.1 Å². The lowest BCUT2D eigenvalue weighted by Crippen LogP contribution is -2.51. The Morgan fingerprint density at radius 1 is 1.32 bits per heavy atom. The molecule has 1 aliphatic rings. The van der Waals surface area contributed by atoms with Gasteiger partial charge in [-0.15, -0.1) is 0 Å². The number of halogens is 1. The number of ether oxygens (including phenoxy) is 2. The van der Waals surface area contributed by atoms with Crippen molar-refractivity contribution in [2.45, 2.75) is 51.9 Å². The molecule has 3 amide bonds. The van der Waals surface area contributed by atoms with Crippen LogP contribution in [0.25, 0.3) is 0 Å². The Morgan fingerprint density at radius 3 is 2.55 bits per heavy atom. The van der Waals surface area contributed by atoms with Crippen LogP contribution in [-0.4, -0.2) is 66.0 Å². The highest BCUT2D eigenvalue weighted by Crippen LogP contribution is 2.41. The molecular formula is C26H33ClN6O5. The molecule has 38 heavy (non-hydrogen) atoms. The van der Waals surface area contributed by atoms with Crippen LogP contribution in [0.2, 0.25) is 5.02 Å². The number of anilines is 2. The Kier molecular flexibility index (Phi) is 9.14. The van der Waals surface area contributed by atoms with Crippen molar-refractivity contribution in [3.8, 4) is 6.07 Å². The second-order valence-corrected chi connectivity index (χ2v) is 10.6. The number of likely N-dealkylation sites (tertiary alicyclic amines) is 1. The minimum Gasteiger partial charge on any atom is -0.465 e. The summed E-state index contributed by atoms with van der Waals surface area (Å²) < 4.78 is 11.1. The van der Waals surface area contributed by atoms with Crippen LogP contribution >= 0.6 is 11.6 Å². The van der Waals surface area contributed by atoms with Gasteiger partial charge in [0.1, 0.15) is 23.4 Å². The largest absolute Gasteiger partial charge is 0.465 e. The van der Waals surface area contributed by atoms with E-state index in [1.54, 1.807) is 13.1 Å². The van der Waals surface area contributed by atoms with Gasteiger partial charge in [-0.2, -0.15) is 5.26 Å². The lowest BCUT2D eigenvalue weighted by Gasteiger charge is -2.45. The van der Waals surface area contributed by atoms with Crippen molar-refractivity contribution in [1.29, 1.82) is 5.26 Å². The summed E-state index contributed by atoms with van der Waals surface area (Å²) in [5.74, 6) is 0.548. The number of nitrogens with one attached hydrogen (secondary N) is 1. The maximum atomic E-state index is 12.9. The zero-order valence-corrected chi connectivity index (χ0v) is 23.1. The number of nitriles is 1. The first kappa shape index (κ1) is 29.1. The van der Waals surface area contributed by atoms with Crippen LogP contribution in [0, 0.1) is 16.7 Å². The summed E-state index contributed by atoms with van der Waals surface area (Å²) in [6.07, 6.45) is 0.811. The molecule has 1 saturated heterocycles. The monoisotopic (exact) mass is 544 g/mol. The standard InChI is InChI=1S/C26H33ClN6O5/c1-26(2,3)19-11-15(9-10-33(19)25(35)36)17-7-8-21(31-22(17)23(37-5)38-6)32(4)24(34)30-20-12-18(27)16(13-28)14-29-20/h7-8,12,14-15,19,23H,9-11H2,1-6H3,(H,35,36)(H,29,30,34). The highest BCUT2D eigenvalue weighted by Gasteiger charge is 2.40. The number of carboxylic acid groups (broad SMARTS) is 1. The Bertz CT molecular complexity index is 1220. The molecule has 2 aromatic heterocycles. The second kappa shape index (κ2) is 11.9. The number of aromatic nitrogens is 2. The molecule has 0 aliphatic carbocycles. The molecule has 0 bridgehead atoms. The number of carbonyl (C=O) groups is 2. The number of carbonyl (C=O) groups excluding carboxylic acids is 1. The predicted octanol–water partition coefficient (Wildman–Crippen LogP) is 5.23. The molecule has 2 unspecified atom stereocenters. The van der Waals surface area contributed by atoms with Crippen LogP contribution in [0.3, 0.4) is 0 Å². The topological polar surface area (TPSA) is 141 Å². The van der Waals surface area contributed by atoms with Gasteiger partial charge in [0.25, 0.3) is 0 Å². The number of piperidine rings is 1. The Morgan fingerprint density at radius 2 is 2.00 bits per heavy atom. The van der Waals surface area contributed by atoms with E-state index >= 15 is 0 Å². The first-order valence-electron chi connectivity index (χ1n) is 12.1. The van der Waals surface area contributed by atoms with Crippen LogP contribution in [0.1, 0.15) is 62.6 Å². The first-order chi connectivity index (χ1) is 17.9. The van der Waals surface area contributed by atoms with E-state index < -0.39 is 18.4 Å². The zero-order chi connectivity index (χ0) is 28.2. The summed E-state index contributed by atoms with van der Waals surface area (Å²) >= 11 is 6.05. The van der Waals surface area contributed by atoms with Gasteiger partial charge in [-0.1, -0.05) is 38.4 Å². The van der Waals surface area contributed by atoms with E-state index in [0.29, 0.717) is 30.9 Å². The summed E-state index contributed by atoms with van der Waals surface area (Å²) in [7, 11) is 4.57. The molecule has 11 nitrogen and oxygen atoms in total. The fraction of sp³-hybridized carbons (Fsp3) is 0.500. The fourth-order valence-corrected chi connectivity index (χ4v) is 4.89. The van der Waals surface area contributed by atoms with Crippen molar-refractivity contribution < 1.29 is 24.2 Å². The molecule has 1 aliphatic heterocycles. The minimum absolute atomic E-state index is 0.0169. The summed E-state index contributed by atoms with van der Waals surface area (Å²) in [5, 5.41) is 21.6. The third-order valence-electron chi connectivity index (χ3n) is 6.74. The van der Waals surface area contributed by atoms with Crippen LogP contribution in [-0.2, 0) is 9.47 Å². The van der Waals surface area contributed by atoms with Crippen molar-refractivity contribution in [1.82, 2.24) is 14.9 Å². The summed E-state index contributed by atoms with van der Waals surface area (Å²) in [4.78, 5) is 36.4. The van der Waals surface area contributed by atoms with E-state index in [1.807, 2.05) is 32.9 Å². The molecule has 12 heteroatoms. The number of hydrogen-bond donors (Lipinski definition) is 2. The molecule has 204 valence electrons. The van der Waals surface area contributed by atoms with Crippen molar-refractivity contribution in [2.75, 3.05) is 38.0 Å². The molecule has 2 atom stereocenters. The number of amides is 3. The number of hydrogen-bond acceptors (Lipinski definition) is 7. The quantitative estimate of drug-likeness (QED) is 0.471. The smallest absolute Gasteiger partial charge is 0.407 e. The maximum Gasteiger partial charge on any atom is 0.407 e. The van der Waals surface area contributed by atoms with Crippen LogP contribution in [0.5, 0.6) is 0 Å². The average molecular weight is 545 g/mol. The normalized spacial score (nSPS) is 17.7. The average Bonchev–Trinajstić information content (AvgIpc) is 2.88. The van der Waals surface area contributed by atoms with Gasteiger partial charge in [0.15, 0.2) is 0 Å². The summed E-state index contributed by atoms with van der Waals surface area (Å²) in [6.45, 7) is 6.51. The third-order valence-corrected chi connectivity index (χ3v) is 7.05. The van der Waals surface area contributed by atoms with Crippen LogP contribution < -0.4 is 10.2 Å². The lowest BCUT2D eigenvalue weighted by molar-refractivity contribution is -0.109. The molecule has 1 fully saturated rings. The summed E-state index contributed by atoms with van der Waals surface area (Å²) in [5.41, 5.74) is 1.35.